The molecule has 3 heterocycles. The van der Waals surface area contributed by atoms with E-state index < -0.39 is 24.6 Å². The summed E-state index contributed by atoms with van der Waals surface area (Å²) in [6, 6.07) is 9.01. The smallest absolute Gasteiger partial charge is 0.405 e. The molecule has 0 aliphatic carbocycles. The highest BCUT2D eigenvalue weighted by molar-refractivity contribution is 5.90. The van der Waals surface area contributed by atoms with E-state index in [0.717, 1.165) is 6.20 Å². The number of carboxylic acid groups (broad SMARTS) is 1. The number of nitrogens with zero attached hydrogens (tertiary/aromatic N) is 4. The van der Waals surface area contributed by atoms with E-state index in [-0.39, 0.29) is 31.3 Å². The van der Waals surface area contributed by atoms with Gasteiger partial charge in [-0.05, 0) is 24.3 Å². The number of alkyl halides is 3. The number of fused-ring (bicyclic) bond motifs is 1. The van der Waals surface area contributed by atoms with Crippen LogP contribution in [-0.4, -0.2) is 67.9 Å². The molecule has 0 saturated heterocycles. The molecule has 0 atom stereocenters. The van der Waals surface area contributed by atoms with Gasteiger partial charge in [0.1, 0.15) is 12.2 Å². The van der Waals surface area contributed by atoms with Crippen LogP contribution >= 0.6 is 0 Å². The van der Waals surface area contributed by atoms with Gasteiger partial charge in [0.05, 0.1) is 24.7 Å². The molecule has 0 saturated carbocycles. The minimum absolute atomic E-state index is 0.0310. The summed E-state index contributed by atoms with van der Waals surface area (Å²) in [5, 5.41) is 22.6. The Morgan fingerprint density at radius 2 is 1.87 bits per heavy atom. The minimum atomic E-state index is -4.51. The number of aliphatic hydroxyl groups is 1. The predicted octanol–water partition coefficient (Wildman–Crippen LogP) is 3.39. The summed E-state index contributed by atoms with van der Waals surface area (Å²) in [5.74, 6) is -0.418. The maximum absolute atomic E-state index is 13.9. The van der Waals surface area contributed by atoms with Crippen molar-refractivity contribution in [1.29, 1.82) is 0 Å². The van der Waals surface area contributed by atoms with Crippen molar-refractivity contribution < 1.29 is 37.4 Å². The van der Waals surface area contributed by atoms with Crippen molar-refractivity contribution in [3.8, 4) is 22.6 Å². The third-order valence-corrected chi connectivity index (χ3v) is 4.79. The summed E-state index contributed by atoms with van der Waals surface area (Å²) >= 11 is 0. The van der Waals surface area contributed by atoms with Crippen LogP contribution in [0.1, 0.15) is 0 Å². The molecule has 11 nitrogen and oxygen atoms in total. The van der Waals surface area contributed by atoms with Crippen LogP contribution < -0.4 is 16.0 Å². The summed E-state index contributed by atoms with van der Waals surface area (Å²) in [7, 11) is 0. The molecule has 4 aromatic rings. The number of aromatic nitrogens is 4. The Hall–Kier alpha value is -4.79. The van der Waals surface area contributed by atoms with Crippen molar-refractivity contribution in [1.82, 2.24) is 24.7 Å². The van der Waals surface area contributed by atoms with E-state index in [0.29, 0.717) is 28.2 Å². The number of halogens is 4. The van der Waals surface area contributed by atoms with Crippen LogP contribution in [0.25, 0.3) is 28.3 Å². The SMILES string of the molecule is O=C(NCC(F)(F)F)Nc1cccc(-c2cnc3cc(-c4ncc(F)c(NCCO)n4)ccn23)c1.O=CO. The lowest BCUT2D eigenvalue weighted by molar-refractivity contribution is -0.123. The van der Waals surface area contributed by atoms with Crippen LogP contribution in [0.2, 0.25) is 0 Å². The molecule has 0 spiro atoms. The number of pyridine rings is 1. The topological polar surface area (TPSA) is 154 Å². The van der Waals surface area contributed by atoms with Crippen LogP contribution in [0.15, 0.2) is 55.0 Å². The number of imidazole rings is 1. The molecular formula is C23H21F4N7O4. The number of benzene rings is 1. The Morgan fingerprint density at radius 3 is 2.58 bits per heavy atom. The van der Waals surface area contributed by atoms with Crippen molar-refractivity contribution in [2.24, 2.45) is 0 Å². The normalized spacial score (nSPS) is 10.9. The summed E-state index contributed by atoms with van der Waals surface area (Å²) in [6.07, 6.45) is -0.157. The van der Waals surface area contributed by atoms with Gasteiger partial charge in [-0.3, -0.25) is 9.20 Å². The third kappa shape index (κ3) is 7.36. The predicted molar refractivity (Wildman–Crippen MR) is 129 cm³/mol. The summed E-state index contributed by atoms with van der Waals surface area (Å²) in [4.78, 5) is 32.7. The summed E-state index contributed by atoms with van der Waals surface area (Å²) in [6.45, 7) is -1.74. The lowest BCUT2D eigenvalue weighted by atomic mass is 10.1. The van der Waals surface area contributed by atoms with E-state index in [1.54, 1.807) is 58.5 Å². The fourth-order valence-electron chi connectivity index (χ4n) is 3.25. The van der Waals surface area contributed by atoms with Crippen LogP contribution in [-0.2, 0) is 4.79 Å². The molecule has 0 unspecified atom stereocenters. The van der Waals surface area contributed by atoms with Gasteiger partial charge in [0.25, 0.3) is 6.47 Å². The second kappa shape index (κ2) is 12.4. The van der Waals surface area contributed by atoms with Crippen molar-refractivity contribution in [3.05, 3.63) is 60.8 Å². The van der Waals surface area contributed by atoms with Gasteiger partial charge in [-0.2, -0.15) is 13.2 Å². The van der Waals surface area contributed by atoms with Gasteiger partial charge in [-0.15, -0.1) is 0 Å². The van der Waals surface area contributed by atoms with E-state index in [1.165, 1.54) is 0 Å². The highest BCUT2D eigenvalue weighted by Gasteiger charge is 2.27. The van der Waals surface area contributed by atoms with Gasteiger partial charge in [0, 0.05) is 29.6 Å². The number of carbonyl (C=O) groups excluding carboxylic acids is 1. The Bertz CT molecular complexity index is 1410. The first kappa shape index (κ1) is 27.8. The van der Waals surface area contributed by atoms with Crippen LogP contribution in [0.3, 0.4) is 0 Å². The molecule has 200 valence electrons. The zero-order chi connectivity index (χ0) is 27.7. The first-order chi connectivity index (χ1) is 18.1. The number of amides is 2. The van der Waals surface area contributed by atoms with Crippen molar-refractivity contribution in [2.75, 3.05) is 30.3 Å². The van der Waals surface area contributed by atoms with Gasteiger partial charge < -0.3 is 26.2 Å². The van der Waals surface area contributed by atoms with E-state index in [4.69, 9.17) is 15.0 Å². The molecule has 2 amide bonds. The lowest BCUT2D eigenvalue weighted by Gasteiger charge is -2.11. The fourth-order valence-corrected chi connectivity index (χ4v) is 3.25. The fraction of sp³-hybridized carbons (Fsp3) is 0.174. The molecule has 15 heteroatoms. The molecule has 0 aliphatic heterocycles. The Balaban J connectivity index is 0.00000127. The molecule has 38 heavy (non-hydrogen) atoms. The number of anilines is 2. The molecule has 0 fully saturated rings. The van der Waals surface area contributed by atoms with Crippen molar-refractivity contribution >= 4 is 29.7 Å². The lowest BCUT2D eigenvalue weighted by Crippen LogP contribution is -2.36. The minimum Gasteiger partial charge on any atom is -0.483 e. The maximum atomic E-state index is 13.9. The number of hydrogen-bond acceptors (Lipinski definition) is 7. The van der Waals surface area contributed by atoms with Gasteiger partial charge in [0.15, 0.2) is 17.5 Å². The van der Waals surface area contributed by atoms with E-state index >= 15 is 0 Å². The van der Waals surface area contributed by atoms with Crippen molar-refractivity contribution in [3.63, 3.8) is 0 Å². The average molecular weight is 535 g/mol. The number of urea groups is 1. The molecule has 3 aromatic heterocycles. The quantitative estimate of drug-likeness (QED) is 0.178. The molecule has 0 bridgehead atoms. The Labute approximate surface area is 212 Å². The number of aliphatic hydroxyl groups excluding tert-OH is 1. The first-order valence-corrected chi connectivity index (χ1v) is 10.8. The number of carbonyl (C=O) groups is 2. The van der Waals surface area contributed by atoms with Gasteiger partial charge in [-0.25, -0.2) is 24.1 Å². The molecule has 4 rings (SSSR count). The molecule has 5 N–H and O–H groups in total. The zero-order valence-electron chi connectivity index (χ0n) is 19.4. The van der Waals surface area contributed by atoms with E-state index in [2.05, 4.69) is 25.6 Å². The molecule has 1 aromatic carbocycles. The van der Waals surface area contributed by atoms with Gasteiger partial charge in [0.2, 0.25) is 0 Å². The van der Waals surface area contributed by atoms with E-state index in [9.17, 15) is 22.4 Å². The average Bonchev–Trinajstić information content (AvgIpc) is 3.31. The Morgan fingerprint density at radius 1 is 1.11 bits per heavy atom. The Kier molecular flexibility index (Phi) is 9.10. The second-order valence-corrected chi connectivity index (χ2v) is 7.44. The molecule has 0 radical (unpaired) electrons. The van der Waals surface area contributed by atoms with Crippen LogP contribution in [0.4, 0.5) is 33.9 Å². The largest absolute Gasteiger partial charge is 0.483 e. The number of rotatable bonds is 7. The van der Waals surface area contributed by atoms with E-state index in [1.807, 2.05) is 0 Å². The van der Waals surface area contributed by atoms with Gasteiger partial charge >= 0.3 is 12.2 Å². The summed E-state index contributed by atoms with van der Waals surface area (Å²) in [5.41, 5.74) is 2.75. The number of nitrogens with one attached hydrogen (secondary N) is 3. The van der Waals surface area contributed by atoms with Crippen molar-refractivity contribution in [2.45, 2.75) is 6.18 Å². The summed E-state index contributed by atoms with van der Waals surface area (Å²) < 4.78 is 52.5. The molecule has 0 aliphatic rings. The zero-order valence-corrected chi connectivity index (χ0v) is 19.4. The maximum Gasteiger partial charge on any atom is 0.405 e. The monoisotopic (exact) mass is 535 g/mol. The van der Waals surface area contributed by atoms with Crippen LogP contribution in [0.5, 0.6) is 0 Å². The number of hydrogen-bond donors (Lipinski definition) is 5. The second-order valence-electron chi connectivity index (χ2n) is 7.44. The highest BCUT2D eigenvalue weighted by atomic mass is 19.4. The third-order valence-electron chi connectivity index (χ3n) is 4.79. The standard InChI is InChI=1S/C22H19F4N7O2.CH2O2/c23-16-10-29-19(32-20(16)27-5-7-34)14-4-6-33-17(11-28-18(33)9-14)13-2-1-3-15(8-13)31-21(35)30-12-22(24,25)26;2-1-3/h1-4,6,8-11,34H,5,7,12H2,(H,27,29,32)(H2,30,31,35);1H,(H,2,3). The van der Waals surface area contributed by atoms with Gasteiger partial charge in [-0.1, -0.05) is 12.1 Å². The first-order valence-electron chi connectivity index (χ1n) is 10.8. The highest BCUT2D eigenvalue weighted by Crippen LogP contribution is 2.26. The molecular weight excluding hydrogens is 514 g/mol. The van der Waals surface area contributed by atoms with Crippen LogP contribution in [0, 0.1) is 5.82 Å².